The zero-order valence-electron chi connectivity index (χ0n) is 13.4. The first-order chi connectivity index (χ1) is 11.4. The Morgan fingerprint density at radius 1 is 1.29 bits per heavy atom. The summed E-state index contributed by atoms with van der Waals surface area (Å²) in [5.74, 6) is 0.448. The molecule has 6 heteroatoms. The molecule has 0 radical (unpaired) electrons. The van der Waals surface area contributed by atoms with E-state index >= 15 is 0 Å². The zero-order valence-corrected chi connectivity index (χ0v) is 13.4. The van der Waals surface area contributed by atoms with Crippen LogP contribution in [-0.4, -0.2) is 41.4 Å². The first-order valence-electron chi connectivity index (χ1n) is 8.20. The molecule has 0 spiro atoms. The standard InChI is InChI=1S/C18H21F3N2O/c1-2-17(24)23-9-7-14-6-8-22(16(14)12-23)11-13-4-3-5-15(10-13)18(19,20)21/h2-5,10,14,16H,1,6-9,11-12H2/t14-,16+/m1/s1. The van der Waals surface area contributed by atoms with Crippen molar-refractivity contribution in [2.75, 3.05) is 19.6 Å². The van der Waals surface area contributed by atoms with Gasteiger partial charge in [0.1, 0.15) is 0 Å². The number of hydrogen-bond acceptors (Lipinski definition) is 2. The first kappa shape index (κ1) is 17.0. The fraction of sp³-hybridized carbons (Fsp3) is 0.500. The highest BCUT2D eigenvalue weighted by atomic mass is 19.4. The van der Waals surface area contributed by atoms with Gasteiger partial charge in [0.05, 0.1) is 5.56 Å². The average Bonchev–Trinajstić information content (AvgIpc) is 2.96. The molecule has 2 aliphatic heterocycles. The van der Waals surface area contributed by atoms with Gasteiger partial charge in [-0.05, 0) is 43.0 Å². The summed E-state index contributed by atoms with van der Waals surface area (Å²) in [7, 11) is 0. The van der Waals surface area contributed by atoms with E-state index in [1.165, 1.54) is 18.2 Å². The maximum absolute atomic E-state index is 12.9. The summed E-state index contributed by atoms with van der Waals surface area (Å²) in [6.45, 7) is 6.25. The van der Waals surface area contributed by atoms with Crippen LogP contribution in [0.3, 0.4) is 0 Å². The number of fused-ring (bicyclic) bond motifs is 1. The number of piperidine rings is 1. The van der Waals surface area contributed by atoms with E-state index in [0.717, 1.165) is 32.0 Å². The van der Waals surface area contributed by atoms with E-state index in [1.54, 1.807) is 11.0 Å². The van der Waals surface area contributed by atoms with Gasteiger partial charge in [0.2, 0.25) is 5.91 Å². The quantitative estimate of drug-likeness (QED) is 0.790. The molecule has 0 unspecified atom stereocenters. The Kier molecular flexibility index (Phi) is 4.67. The minimum absolute atomic E-state index is 0.0700. The highest BCUT2D eigenvalue weighted by Crippen LogP contribution is 2.34. The largest absolute Gasteiger partial charge is 0.416 e. The van der Waals surface area contributed by atoms with Gasteiger partial charge in [0, 0.05) is 25.7 Å². The number of likely N-dealkylation sites (tertiary alicyclic amines) is 2. The van der Waals surface area contributed by atoms with Crippen LogP contribution in [0.5, 0.6) is 0 Å². The lowest BCUT2D eigenvalue weighted by Crippen LogP contribution is -2.49. The molecule has 1 amide bonds. The molecular weight excluding hydrogens is 317 g/mol. The molecule has 24 heavy (non-hydrogen) atoms. The number of benzene rings is 1. The lowest BCUT2D eigenvalue weighted by molar-refractivity contribution is -0.137. The van der Waals surface area contributed by atoms with Crippen molar-refractivity contribution in [2.45, 2.75) is 31.6 Å². The summed E-state index contributed by atoms with van der Waals surface area (Å²) in [4.78, 5) is 15.8. The van der Waals surface area contributed by atoms with Crippen LogP contribution in [0.15, 0.2) is 36.9 Å². The van der Waals surface area contributed by atoms with Gasteiger partial charge in [0.15, 0.2) is 0 Å². The number of carbonyl (C=O) groups excluding carboxylic acids is 1. The summed E-state index contributed by atoms with van der Waals surface area (Å²) >= 11 is 0. The van der Waals surface area contributed by atoms with Crippen molar-refractivity contribution in [1.29, 1.82) is 0 Å². The summed E-state index contributed by atoms with van der Waals surface area (Å²) in [6, 6.07) is 5.74. The maximum atomic E-state index is 12.9. The third-order valence-electron chi connectivity index (χ3n) is 5.10. The van der Waals surface area contributed by atoms with Gasteiger partial charge in [-0.15, -0.1) is 0 Å². The van der Waals surface area contributed by atoms with E-state index in [4.69, 9.17) is 0 Å². The van der Waals surface area contributed by atoms with Crippen LogP contribution in [0.25, 0.3) is 0 Å². The van der Waals surface area contributed by atoms with Gasteiger partial charge in [-0.3, -0.25) is 9.69 Å². The molecule has 0 N–H and O–H groups in total. The van der Waals surface area contributed by atoms with Crippen LogP contribution >= 0.6 is 0 Å². The number of nitrogens with zero attached hydrogens (tertiary/aromatic N) is 2. The number of amides is 1. The molecular formula is C18H21F3N2O. The van der Waals surface area contributed by atoms with Crippen molar-refractivity contribution in [1.82, 2.24) is 9.80 Å². The Balaban J connectivity index is 1.71. The van der Waals surface area contributed by atoms with E-state index < -0.39 is 11.7 Å². The monoisotopic (exact) mass is 338 g/mol. The van der Waals surface area contributed by atoms with Gasteiger partial charge in [-0.2, -0.15) is 13.2 Å². The van der Waals surface area contributed by atoms with Crippen molar-refractivity contribution < 1.29 is 18.0 Å². The smallest absolute Gasteiger partial charge is 0.338 e. The lowest BCUT2D eigenvalue weighted by Gasteiger charge is -2.38. The normalized spacial score (nSPS) is 24.7. The summed E-state index contributed by atoms with van der Waals surface area (Å²) in [6.07, 6.45) is -1.00. The average molecular weight is 338 g/mol. The summed E-state index contributed by atoms with van der Waals surface area (Å²) in [5.41, 5.74) is 0.0560. The van der Waals surface area contributed by atoms with E-state index in [0.29, 0.717) is 24.6 Å². The van der Waals surface area contributed by atoms with Crippen LogP contribution in [0.2, 0.25) is 0 Å². The molecule has 2 atom stereocenters. The minimum Gasteiger partial charge on any atom is -0.338 e. The molecule has 1 aromatic rings. The molecule has 130 valence electrons. The predicted molar refractivity (Wildman–Crippen MR) is 85.1 cm³/mol. The lowest BCUT2D eigenvalue weighted by atomic mass is 9.92. The Hall–Kier alpha value is -1.82. The van der Waals surface area contributed by atoms with E-state index in [9.17, 15) is 18.0 Å². The predicted octanol–water partition coefficient (Wildman–Crippen LogP) is 3.31. The third-order valence-corrected chi connectivity index (χ3v) is 5.10. The first-order valence-corrected chi connectivity index (χ1v) is 8.20. The second kappa shape index (κ2) is 6.59. The molecule has 3 nitrogen and oxygen atoms in total. The molecule has 0 aliphatic carbocycles. The van der Waals surface area contributed by atoms with Crippen LogP contribution in [0.4, 0.5) is 13.2 Å². The molecule has 0 bridgehead atoms. The number of hydrogen-bond donors (Lipinski definition) is 0. The van der Waals surface area contributed by atoms with E-state index in [1.807, 2.05) is 0 Å². The number of alkyl halides is 3. The Morgan fingerprint density at radius 2 is 2.04 bits per heavy atom. The van der Waals surface area contributed by atoms with Crippen LogP contribution in [0, 0.1) is 5.92 Å². The van der Waals surface area contributed by atoms with Crippen molar-refractivity contribution in [3.05, 3.63) is 48.0 Å². The molecule has 2 heterocycles. The van der Waals surface area contributed by atoms with Crippen LogP contribution in [-0.2, 0) is 17.5 Å². The van der Waals surface area contributed by atoms with Gasteiger partial charge in [0.25, 0.3) is 0 Å². The highest BCUT2D eigenvalue weighted by Gasteiger charge is 2.39. The molecule has 2 aliphatic rings. The molecule has 1 aromatic carbocycles. The fourth-order valence-corrected chi connectivity index (χ4v) is 3.83. The topological polar surface area (TPSA) is 23.6 Å². The SMILES string of the molecule is C=CC(=O)N1CC[C@H]2CCN(Cc3cccc(C(F)(F)F)c3)[C@H]2C1. The van der Waals surface area contributed by atoms with Crippen molar-refractivity contribution in [2.24, 2.45) is 5.92 Å². The fourth-order valence-electron chi connectivity index (χ4n) is 3.83. The summed E-state index contributed by atoms with van der Waals surface area (Å²) in [5, 5.41) is 0. The Labute approximate surface area is 139 Å². The molecule has 3 rings (SSSR count). The second-order valence-corrected chi connectivity index (χ2v) is 6.56. The van der Waals surface area contributed by atoms with Crippen molar-refractivity contribution >= 4 is 5.91 Å². The molecule has 2 saturated heterocycles. The second-order valence-electron chi connectivity index (χ2n) is 6.56. The van der Waals surface area contributed by atoms with Crippen molar-refractivity contribution in [3.63, 3.8) is 0 Å². The zero-order chi connectivity index (χ0) is 17.3. The van der Waals surface area contributed by atoms with Crippen LogP contribution < -0.4 is 0 Å². The Bertz CT molecular complexity index is 629. The minimum atomic E-state index is -4.32. The molecule has 0 saturated carbocycles. The highest BCUT2D eigenvalue weighted by molar-refractivity contribution is 5.87. The third kappa shape index (κ3) is 3.48. The van der Waals surface area contributed by atoms with E-state index in [-0.39, 0.29) is 11.9 Å². The van der Waals surface area contributed by atoms with Crippen molar-refractivity contribution in [3.8, 4) is 0 Å². The molecule has 2 fully saturated rings. The summed E-state index contributed by atoms with van der Waals surface area (Å²) < 4.78 is 38.6. The number of rotatable bonds is 3. The van der Waals surface area contributed by atoms with E-state index in [2.05, 4.69) is 11.5 Å². The van der Waals surface area contributed by atoms with Crippen LogP contribution in [0.1, 0.15) is 24.0 Å². The number of halogens is 3. The maximum Gasteiger partial charge on any atom is 0.416 e. The Morgan fingerprint density at radius 3 is 2.75 bits per heavy atom. The van der Waals surface area contributed by atoms with Gasteiger partial charge in [-0.25, -0.2) is 0 Å². The number of carbonyl (C=O) groups is 1. The van der Waals surface area contributed by atoms with Gasteiger partial charge in [-0.1, -0.05) is 24.8 Å². The van der Waals surface area contributed by atoms with Gasteiger partial charge >= 0.3 is 6.18 Å². The molecule has 0 aromatic heterocycles. The van der Waals surface area contributed by atoms with Gasteiger partial charge < -0.3 is 4.90 Å².